The molecule has 0 aromatic heterocycles. The maximum atomic E-state index is 11.7. The van der Waals surface area contributed by atoms with E-state index in [1.54, 1.807) is 13.8 Å². The minimum Gasteiger partial charge on any atom is -0.285 e. The van der Waals surface area contributed by atoms with Crippen molar-refractivity contribution in [2.45, 2.75) is 66.6 Å². The van der Waals surface area contributed by atoms with E-state index in [2.05, 4.69) is 27.7 Å². The second kappa shape index (κ2) is 6.57. The van der Waals surface area contributed by atoms with Gasteiger partial charge in [-0.2, -0.15) is 8.42 Å². The van der Waals surface area contributed by atoms with Gasteiger partial charge in [0.15, 0.2) is 0 Å². The first-order valence-electron chi connectivity index (χ1n) is 7.29. The van der Waals surface area contributed by atoms with Gasteiger partial charge in [-0.05, 0) is 49.9 Å². The molecular weight excluding hydrogens is 260 g/mol. The largest absolute Gasteiger partial charge is 0.285 e. The lowest BCUT2D eigenvalue weighted by atomic mass is 9.72. The molecule has 1 atom stereocenters. The Morgan fingerprint density at radius 2 is 1.26 bits per heavy atom. The molecule has 19 heavy (non-hydrogen) atoms. The Balaban J connectivity index is 5.37. The smallest absolute Gasteiger partial charge is 0.270 e. The number of hydrogen-bond acceptors (Lipinski definition) is 2. The molecule has 0 aliphatic carbocycles. The molecule has 0 aromatic carbocycles. The predicted octanol–water partition coefficient (Wildman–Crippen LogP) is 4.24. The Morgan fingerprint density at radius 3 is 1.47 bits per heavy atom. The van der Waals surface area contributed by atoms with Gasteiger partial charge in [0.2, 0.25) is 0 Å². The van der Waals surface area contributed by atoms with Crippen molar-refractivity contribution in [1.29, 1.82) is 0 Å². The molecule has 0 aliphatic heterocycles. The Kier molecular flexibility index (Phi) is 6.54. The summed E-state index contributed by atoms with van der Waals surface area (Å²) in [6.07, 6.45) is 0.833. The van der Waals surface area contributed by atoms with Crippen LogP contribution in [-0.4, -0.2) is 17.7 Å². The van der Waals surface area contributed by atoms with E-state index in [4.69, 9.17) is 0 Å². The van der Waals surface area contributed by atoms with Crippen LogP contribution in [0.25, 0.3) is 0 Å². The van der Waals surface area contributed by atoms with Crippen molar-refractivity contribution in [1.82, 2.24) is 0 Å². The topological polar surface area (TPSA) is 54.4 Å². The second-order valence-corrected chi connectivity index (χ2v) is 9.32. The van der Waals surface area contributed by atoms with E-state index < -0.39 is 14.9 Å². The molecule has 0 spiro atoms. The summed E-state index contributed by atoms with van der Waals surface area (Å²) in [5.41, 5.74) is 0. The fraction of sp³-hybridized carbons (Fsp3) is 1.00. The Bertz CT molecular complexity index is 359. The molecule has 0 heterocycles. The highest BCUT2D eigenvalue weighted by Crippen LogP contribution is 2.39. The summed E-state index contributed by atoms with van der Waals surface area (Å²) >= 11 is 0. The van der Waals surface area contributed by atoms with Crippen molar-refractivity contribution in [3.63, 3.8) is 0 Å². The normalized spacial score (nSPS) is 15.8. The van der Waals surface area contributed by atoms with Crippen LogP contribution in [0.4, 0.5) is 0 Å². The lowest BCUT2D eigenvalue weighted by Gasteiger charge is -2.39. The first kappa shape index (κ1) is 18.9. The predicted molar refractivity (Wildman–Crippen MR) is 81.7 cm³/mol. The summed E-state index contributed by atoms with van der Waals surface area (Å²) in [5, 5.41) is 0. The quantitative estimate of drug-likeness (QED) is 0.714. The first-order chi connectivity index (χ1) is 8.32. The third-order valence-corrected chi connectivity index (χ3v) is 6.23. The third kappa shape index (κ3) is 4.75. The summed E-state index contributed by atoms with van der Waals surface area (Å²) in [6, 6.07) is 0. The van der Waals surface area contributed by atoms with Crippen molar-refractivity contribution in [2.24, 2.45) is 29.6 Å². The van der Waals surface area contributed by atoms with Gasteiger partial charge in [-0.3, -0.25) is 4.55 Å². The van der Waals surface area contributed by atoms with Crippen LogP contribution in [0.2, 0.25) is 0 Å². The van der Waals surface area contributed by atoms with E-state index in [0.29, 0.717) is 17.8 Å². The minimum absolute atomic E-state index is 0.0442. The third-order valence-electron chi connectivity index (χ3n) is 4.60. The Morgan fingerprint density at radius 1 is 0.895 bits per heavy atom. The van der Waals surface area contributed by atoms with Gasteiger partial charge in [-0.25, -0.2) is 0 Å². The van der Waals surface area contributed by atoms with Crippen molar-refractivity contribution in [3.05, 3.63) is 0 Å². The van der Waals surface area contributed by atoms with E-state index in [-0.39, 0.29) is 11.8 Å². The fourth-order valence-electron chi connectivity index (χ4n) is 3.16. The summed E-state index contributed by atoms with van der Waals surface area (Å²) in [5.74, 6) is 1.67. The van der Waals surface area contributed by atoms with Crippen LogP contribution >= 0.6 is 0 Å². The average Bonchev–Trinajstić information content (AvgIpc) is 2.13. The maximum Gasteiger partial charge on any atom is 0.270 e. The minimum atomic E-state index is -4.04. The zero-order chi connectivity index (χ0) is 15.6. The standard InChI is InChI=1S/C15H32O3S/c1-10(2)13(11(3)4)9-14(12(5)6)15(7,8)19(16,17)18/h10-14H,9H2,1-8H3,(H,16,17,18). The molecule has 1 N–H and O–H groups in total. The molecule has 0 aliphatic rings. The van der Waals surface area contributed by atoms with Crippen LogP contribution in [0.15, 0.2) is 0 Å². The number of rotatable bonds is 7. The summed E-state index contributed by atoms with van der Waals surface area (Å²) < 4.78 is 31.8. The van der Waals surface area contributed by atoms with Gasteiger partial charge in [0.05, 0.1) is 4.75 Å². The monoisotopic (exact) mass is 292 g/mol. The molecule has 0 amide bonds. The summed E-state index contributed by atoms with van der Waals surface area (Å²) in [4.78, 5) is 0. The van der Waals surface area contributed by atoms with Crippen LogP contribution < -0.4 is 0 Å². The van der Waals surface area contributed by atoms with Crippen molar-refractivity contribution >= 4 is 10.1 Å². The summed E-state index contributed by atoms with van der Waals surface area (Å²) in [7, 11) is -4.04. The van der Waals surface area contributed by atoms with Crippen LogP contribution in [0.1, 0.15) is 61.8 Å². The highest BCUT2D eigenvalue weighted by molar-refractivity contribution is 7.87. The van der Waals surface area contributed by atoms with E-state index in [1.165, 1.54) is 0 Å². The first-order valence-corrected chi connectivity index (χ1v) is 8.73. The van der Waals surface area contributed by atoms with Gasteiger partial charge >= 0.3 is 0 Å². The number of hydrogen-bond donors (Lipinski definition) is 1. The van der Waals surface area contributed by atoms with E-state index in [0.717, 1.165) is 6.42 Å². The lowest BCUT2D eigenvalue weighted by Crippen LogP contribution is -2.44. The SMILES string of the molecule is CC(C)C(CC(C(C)C)C(C)(C)S(=O)(=O)O)C(C)C. The molecule has 0 saturated carbocycles. The van der Waals surface area contributed by atoms with E-state index >= 15 is 0 Å². The van der Waals surface area contributed by atoms with Gasteiger partial charge in [0.1, 0.15) is 0 Å². The molecule has 4 heteroatoms. The van der Waals surface area contributed by atoms with E-state index in [1.807, 2.05) is 13.8 Å². The molecule has 0 aromatic rings. The molecule has 0 fully saturated rings. The van der Waals surface area contributed by atoms with E-state index in [9.17, 15) is 13.0 Å². The van der Waals surface area contributed by atoms with Crippen molar-refractivity contribution < 1.29 is 13.0 Å². The average molecular weight is 292 g/mol. The van der Waals surface area contributed by atoms with Crippen LogP contribution in [-0.2, 0) is 10.1 Å². The summed E-state index contributed by atoms with van der Waals surface area (Å²) in [6.45, 7) is 16.1. The van der Waals surface area contributed by atoms with Crippen LogP contribution in [0, 0.1) is 29.6 Å². The van der Waals surface area contributed by atoms with Crippen molar-refractivity contribution in [2.75, 3.05) is 0 Å². The van der Waals surface area contributed by atoms with Crippen LogP contribution in [0.5, 0.6) is 0 Å². The molecule has 3 nitrogen and oxygen atoms in total. The molecule has 1 unspecified atom stereocenters. The molecule has 0 saturated heterocycles. The van der Waals surface area contributed by atoms with Gasteiger partial charge in [-0.1, -0.05) is 41.5 Å². The van der Waals surface area contributed by atoms with Gasteiger partial charge in [-0.15, -0.1) is 0 Å². The van der Waals surface area contributed by atoms with Gasteiger partial charge < -0.3 is 0 Å². The zero-order valence-electron chi connectivity index (χ0n) is 13.8. The van der Waals surface area contributed by atoms with Gasteiger partial charge in [0, 0.05) is 0 Å². The van der Waals surface area contributed by atoms with Gasteiger partial charge in [0.25, 0.3) is 10.1 Å². The molecule has 0 rings (SSSR count). The van der Waals surface area contributed by atoms with Crippen molar-refractivity contribution in [3.8, 4) is 0 Å². The molecule has 116 valence electrons. The molecule has 0 bridgehead atoms. The molecule has 0 radical (unpaired) electrons. The fourth-order valence-corrected chi connectivity index (χ4v) is 3.91. The second-order valence-electron chi connectivity index (χ2n) is 7.32. The molecular formula is C15H32O3S. The Labute approximate surface area is 119 Å². The van der Waals surface area contributed by atoms with Crippen LogP contribution in [0.3, 0.4) is 0 Å². The maximum absolute atomic E-state index is 11.7. The zero-order valence-corrected chi connectivity index (χ0v) is 14.6. The highest BCUT2D eigenvalue weighted by Gasteiger charge is 2.43. The lowest BCUT2D eigenvalue weighted by molar-refractivity contribution is 0.169. The highest BCUT2D eigenvalue weighted by atomic mass is 32.2. The Hall–Kier alpha value is -0.0900.